The Morgan fingerprint density at radius 2 is 1.92 bits per heavy atom. The number of halogens is 1. The van der Waals surface area contributed by atoms with Crippen LogP contribution < -0.4 is 10.6 Å². The van der Waals surface area contributed by atoms with Crippen molar-refractivity contribution in [1.82, 2.24) is 20.5 Å². The lowest BCUT2D eigenvalue weighted by Crippen LogP contribution is -2.41. The molecular formula is C18H26FN5S. The van der Waals surface area contributed by atoms with Crippen LogP contribution in [0.4, 0.5) is 4.39 Å². The highest BCUT2D eigenvalue weighted by Crippen LogP contribution is 2.18. The number of benzene rings is 1. The SMILES string of the molecule is CN=C(NCc1nc(C)c(C)s1)NCC(c1ccc(F)cc1)N(C)C. The Balaban J connectivity index is 1.94. The van der Waals surface area contributed by atoms with Crippen LogP contribution in [0.2, 0.25) is 0 Å². The predicted octanol–water partition coefficient (Wildman–Crippen LogP) is 2.87. The number of nitrogens with one attached hydrogen (secondary N) is 2. The summed E-state index contributed by atoms with van der Waals surface area (Å²) in [6.07, 6.45) is 0. The molecule has 0 fully saturated rings. The molecule has 0 saturated carbocycles. The number of aromatic nitrogens is 1. The second kappa shape index (κ2) is 8.92. The van der Waals surface area contributed by atoms with E-state index in [1.165, 1.54) is 17.0 Å². The normalized spacial score (nSPS) is 13.2. The van der Waals surface area contributed by atoms with Crippen LogP contribution in [0, 0.1) is 19.7 Å². The van der Waals surface area contributed by atoms with Gasteiger partial charge in [0.15, 0.2) is 5.96 Å². The van der Waals surface area contributed by atoms with Gasteiger partial charge in [-0.2, -0.15) is 0 Å². The highest BCUT2D eigenvalue weighted by atomic mass is 32.1. The maximum absolute atomic E-state index is 13.1. The average Bonchev–Trinajstić information content (AvgIpc) is 2.90. The summed E-state index contributed by atoms with van der Waals surface area (Å²) in [4.78, 5) is 12.1. The van der Waals surface area contributed by atoms with Gasteiger partial charge < -0.3 is 15.5 Å². The summed E-state index contributed by atoms with van der Waals surface area (Å²) in [7, 11) is 5.76. The number of thiazole rings is 1. The van der Waals surface area contributed by atoms with Gasteiger partial charge in [-0.05, 0) is 45.6 Å². The first-order valence-electron chi connectivity index (χ1n) is 8.20. The number of rotatable bonds is 6. The van der Waals surface area contributed by atoms with Crippen LogP contribution >= 0.6 is 11.3 Å². The standard InChI is InChI=1S/C18H26FN5S/c1-12-13(2)25-17(23-12)11-22-18(20-3)21-10-16(24(4)5)14-6-8-15(19)9-7-14/h6-9,16H,10-11H2,1-5H3,(H2,20,21,22). The van der Waals surface area contributed by atoms with Gasteiger partial charge in [-0.3, -0.25) is 4.99 Å². The summed E-state index contributed by atoms with van der Waals surface area (Å²) >= 11 is 1.69. The monoisotopic (exact) mass is 363 g/mol. The highest BCUT2D eigenvalue weighted by Gasteiger charge is 2.15. The van der Waals surface area contributed by atoms with Gasteiger partial charge in [-0.1, -0.05) is 12.1 Å². The Labute approximate surface area is 153 Å². The van der Waals surface area contributed by atoms with E-state index in [0.29, 0.717) is 13.1 Å². The third-order valence-corrected chi connectivity index (χ3v) is 5.12. The van der Waals surface area contributed by atoms with E-state index in [1.807, 2.05) is 33.2 Å². The third-order valence-electron chi connectivity index (χ3n) is 4.04. The summed E-state index contributed by atoms with van der Waals surface area (Å²) in [6, 6.07) is 6.74. The second-order valence-electron chi connectivity index (χ2n) is 6.09. The number of hydrogen-bond acceptors (Lipinski definition) is 4. The first-order chi connectivity index (χ1) is 11.9. The Morgan fingerprint density at radius 1 is 1.24 bits per heavy atom. The van der Waals surface area contributed by atoms with E-state index in [0.717, 1.165) is 22.2 Å². The fraction of sp³-hybridized carbons (Fsp3) is 0.444. The van der Waals surface area contributed by atoms with Crippen molar-refractivity contribution in [2.75, 3.05) is 27.7 Å². The topological polar surface area (TPSA) is 52.6 Å². The lowest BCUT2D eigenvalue weighted by Gasteiger charge is -2.26. The van der Waals surface area contributed by atoms with Gasteiger partial charge in [0, 0.05) is 18.5 Å². The zero-order chi connectivity index (χ0) is 18.4. The van der Waals surface area contributed by atoms with Gasteiger partial charge in [0.05, 0.1) is 18.3 Å². The first-order valence-corrected chi connectivity index (χ1v) is 9.01. The van der Waals surface area contributed by atoms with Crippen LogP contribution in [0.1, 0.15) is 27.2 Å². The molecule has 1 atom stereocenters. The van der Waals surface area contributed by atoms with E-state index >= 15 is 0 Å². The number of nitrogens with zero attached hydrogens (tertiary/aromatic N) is 3. The maximum atomic E-state index is 13.1. The molecule has 2 rings (SSSR count). The predicted molar refractivity (Wildman–Crippen MR) is 103 cm³/mol. The summed E-state index contributed by atoms with van der Waals surface area (Å²) in [5.41, 5.74) is 2.13. The fourth-order valence-corrected chi connectivity index (χ4v) is 3.35. The molecule has 1 heterocycles. The van der Waals surface area contributed by atoms with Crippen molar-refractivity contribution in [2.24, 2.45) is 4.99 Å². The molecule has 136 valence electrons. The quantitative estimate of drug-likeness (QED) is 0.612. The first kappa shape index (κ1) is 19.3. The van der Waals surface area contributed by atoms with Gasteiger partial charge in [-0.25, -0.2) is 9.37 Å². The molecular weight excluding hydrogens is 337 g/mol. The van der Waals surface area contributed by atoms with Crippen LogP contribution in [0.15, 0.2) is 29.3 Å². The van der Waals surface area contributed by atoms with Crippen LogP contribution in [-0.4, -0.2) is 43.5 Å². The summed E-state index contributed by atoms with van der Waals surface area (Å²) < 4.78 is 13.1. The minimum atomic E-state index is -0.222. The molecule has 0 aliphatic rings. The Morgan fingerprint density at radius 3 is 2.44 bits per heavy atom. The second-order valence-corrected chi connectivity index (χ2v) is 7.37. The Kier molecular flexibility index (Phi) is 6.90. The van der Waals surface area contributed by atoms with Crippen molar-refractivity contribution in [3.05, 3.63) is 51.2 Å². The zero-order valence-electron chi connectivity index (χ0n) is 15.4. The number of aliphatic imine (C=N–C) groups is 1. The molecule has 1 aromatic carbocycles. The van der Waals surface area contributed by atoms with Crippen molar-refractivity contribution in [3.8, 4) is 0 Å². The van der Waals surface area contributed by atoms with E-state index in [9.17, 15) is 4.39 Å². The van der Waals surface area contributed by atoms with E-state index in [2.05, 4.69) is 32.4 Å². The summed E-state index contributed by atoms with van der Waals surface area (Å²) in [5, 5.41) is 7.67. The molecule has 5 nitrogen and oxygen atoms in total. The lowest BCUT2D eigenvalue weighted by atomic mass is 10.1. The molecule has 0 spiro atoms. The third kappa shape index (κ3) is 5.51. The van der Waals surface area contributed by atoms with E-state index in [-0.39, 0.29) is 11.9 Å². The van der Waals surface area contributed by atoms with Gasteiger partial charge in [0.2, 0.25) is 0 Å². The zero-order valence-corrected chi connectivity index (χ0v) is 16.2. The van der Waals surface area contributed by atoms with E-state index < -0.39 is 0 Å². The molecule has 2 aromatic rings. The molecule has 7 heteroatoms. The number of aryl methyl sites for hydroxylation is 2. The molecule has 0 aliphatic carbocycles. The maximum Gasteiger partial charge on any atom is 0.191 e. The minimum absolute atomic E-state index is 0.114. The van der Waals surface area contributed by atoms with Crippen molar-refractivity contribution >= 4 is 17.3 Å². The van der Waals surface area contributed by atoms with E-state index in [4.69, 9.17) is 0 Å². The molecule has 1 unspecified atom stereocenters. The van der Waals surface area contributed by atoms with Gasteiger partial charge in [0.1, 0.15) is 10.8 Å². The van der Waals surface area contributed by atoms with Crippen LogP contribution in [0.3, 0.4) is 0 Å². The van der Waals surface area contributed by atoms with Crippen LogP contribution in [-0.2, 0) is 6.54 Å². The van der Waals surface area contributed by atoms with Crippen molar-refractivity contribution in [3.63, 3.8) is 0 Å². The molecule has 0 amide bonds. The molecule has 25 heavy (non-hydrogen) atoms. The molecule has 0 bridgehead atoms. The van der Waals surface area contributed by atoms with E-state index in [1.54, 1.807) is 18.4 Å². The van der Waals surface area contributed by atoms with Crippen LogP contribution in [0.5, 0.6) is 0 Å². The van der Waals surface area contributed by atoms with Gasteiger partial charge >= 0.3 is 0 Å². The molecule has 0 aliphatic heterocycles. The largest absolute Gasteiger partial charge is 0.354 e. The fourth-order valence-electron chi connectivity index (χ4n) is 2.47. The molecule has 2 N–H and O–H groups in total. The van der Waals surface area contributed by atoms with Gasteiger partial charge in [-0.15, -0.1) is 11.3 Å². The number of likely N-dealkylation sites (N-methyl/N-ethyl adjacent to an activating group) is 1. The number of guanidine groups is 1. The van der Waals surface area contributed by atoms with Gasteiger partial charge in [0.25, 0.3) is 0 Å². The molecule has 0 radical (unpaired) electrons. The Bertz CT molecular complexity index is 689. The molecule has 1 aromatic heterocycles. The Hall–Kier alpha value is -1.99. The summed E-state index contributed by atoms with van der Waals surface area (Å²) in [6.45, 7) is 5.40. The van der Waals surface area contributed by atoms with Crippen molar-refractivity contribution < 1.29 is 4.39 Å². The van der Waals surface area contributed by atoms with Crippen LogP contribution in [0.25, 0.3) is 0 Å². The lowest BCUT2D eigenvalue weighted by molar-refractivity contribution is 0.298. The van der Waals surface area contributed by atoms with Crippen molar-refractivity contribution in [1.29, 1.82) is 0 Å². The van der Waals surface area contributed by atoms with Crippen molar-refractivity contribution in [2.45, 2.75) is 26.4 Å². The average molecular weight is 364 g/mol. The minimum Gasteiger partial charge on any atom is -0.354 e. The highest BCUT2D eigenvalue weighted by molar-refractivity contribution is 7.11. The smallest absolute Gasteiger partial charge is 0.191 e. The molecule has 0 saturated heterocycles. The number of hydrogen-bond donors (Lipinski definition) is 2. The summed E-state index contributed by atoms with van der Waals surface area (Å²) in [5.74, 6) is 0.500.